The molecule has 0 fully saturated rings. The van der Waals surface area contributed by atoms with Crippen molar-refractivity contribution >= 4 is 14.3 Å². The number of rotatable bonds is 11. The van der Waals surface area contributed by atoms with Crippen molar-refractivity contribution in [3.63, 3.8) is 0 Å². The van der Waals surface area contributed by atoms with Crippen molar-refractivity contribution in [2.45, 2.75) is 85.4 Å². The van der Waals surface area contributed by atoms with Gasteiger partial charge >= 0.3 is 0 Å². The molecule has 0 aromatic carbocycles. The van der Waals surface area contributed by atoms with Crippen LogP contribution in [0.3, 0.4) is 0 Å². The molecule has 0 unspecified atom stereocenters. The van der Waals surface area contributed by atoms with Crippen molar-refractivity contribution < 1.29 is 9.22 Å². The Kier molecular flexibility index (Phi) is 10.3. The largest absolute Gasteiger partial charge is 0.519 e. The molecule has 0 aliphatic rings. The summed E-state index contributed by atoms with van der Waals surface area (Å²) < 4.78 is 6.08. The molecule has 0 aromatic heterocycles. The lowest BCUT2D eigenvalue weighted by Gasteiger charge is -2.33. The summed E-state index contributed by atoms with van der Waals surface area (Å²) in [6.45, 7) is 17.2. The van der Waals surface area contributed by atoms with Gasteiger partial charge in [0.25, 0.3) is 14.3 Å². The third kappa shape index (κ3) is 10.1. The second kappa shape index (κ2) is 10.4. The van der Waals surface area contributed by atoms with Gasteiger partial charge in [0.15, 0.2) is 0 Å². The molecule has 0 rings (SSSR count). The zero-order valence-corrected chi connectivity index (χ0v) is 16.2. The molecule has 0 aliphatic carbocycles. The van der Waals surface area contributed by atoms with Crippen molar-refractivity contribution in [1.29, 1.82) is 0 Å². The van der Waals surface area contributed by atoms with Gasteiger partial charge in [-0.3, -0.25) is 4.79 Å². The monoisotopic (exact) mass is 313 g/mol. The second-order valence-corrected chi connectivity index (χ2v) is 11.8. The highest BCUT2D eigenvalue weighted by atomic mass is 28.4. The van der Waals surface area contributed by atoms with E-state index in [0.29, 0.717) is 17.8 Å². The van der Waals surface area contributed by atoms with Crippen LogP contribution >= 0.6 is 0 Å². The molecule has 0 aliphatic heterocycles. The van der Waals surface area contributed by atoms with Crippen LogP contribution in [0.15, 0.2) is 0 Å². The van der Waals surface area contributed by atoms with Gasteiger partial charge in [-0.05, 0) is 42.8 Å². The van der Waals surface area contributed by atoms with Crippen LogP contribution in [0.4, 0.5) is 0 Å². The Balaban J connectivity index is 4.99. The highest BCUT2D eigenvalue weighted by molar-refractivity contribution is 6.75. The molecule has 1 radical (unpaired) electrons. The summed E-state index contributed by atoms with van der Waals surface area (Å²) in [6, 6.07) is 3.36. The predicted octanol–water partition coefficient (Wildman–Crippen LogP) is 5.84. The number of hydrogen-bond donors (Lipinski definition) is 0. The van der Waals surface area contributed by atoms with E-state index < -0.39 is 8.32 Å². The van der Waals surface area contributed by atoms with Crippen LogP contribution < -0.4 is 0 Å². The van der Waals surface area contributed by atoms with Crippen LogP contribution in [-0.2, 0) is 9.22 Å². The van der Waals surface area contributed by atoms with Gasteiger partial charge in [0.05, 0.1) is 0 Å². The Morgan fingerprint density at radius 2 is 1.19 bits per heavy atom. The number of carbonyl (C=O) groups excluding carboxylic acids is 1. The minimum Gasteiger partial charge on any atom is -0.519 e. The molecular weight excluding hydrogens is 276 g/mol. The van der Waals surface area contributed by atoms with E-state index in [9.17, 15) is 4.79 Å². The smallest absolute Gasteiger partial charge is 0.292 e. The Morgan fingerprint density at radius 3 is 1.43 bits per heavy atom. The highest BCUT2D eigenvalue weighted by Crippen LogP contribution is 2.32. The average molecular weight is 314 g/mol. The highest BCUT2D eigenvalue weighted by Gasteiger charge is 2.37. The van der Waals surface area contributed by atoms with E-state index in [0.717, 1.165) is 18.1 Å². The lowest BCUT2D eigenvalue weighted by atomic mass is 10.2. The lowest BCUT2D eigenvalue weighted by molar-refractivity contribution is -0.134. The zero-order chi connectivity index (χ0) is 16.5. The summed E-state index contributed by atoms with van der Waals surface area (Å²) in [5.74, 6) is 1.94. The fourth-order valence-corrected chi connectivity index (χ4v) is 7.43. The maximum Gasteiger partial charge on any atom is 0.292 e. The van der Waals surface area contributed by atoms with Crippen molar-refractivity contribution in [3.8, 4) is 0 Å². The quantitative estimate of drug-likeness (QED) is 0.448. The topological polar surface area (TPSA) is 26.3 Å². The first kappa shape index (κ1) is 20.7. The SMILES string of the molecule is [CH2]CC(=O)O[Si](CCC(C)C)(CCC(C)C)CCC(C)C. The van der Waals surface area contributed by atoms with E-state index >= 15 is 0 Å². The number of carbonyl (C=O) groups is 1. The Labute approximate surface area is 134 Å². The van der Waals surface area contributed by atoms with E-state index in [1.54, 1.807) is 0 Å². The molecule has 0 atom stereocenters. The van der Waals surface area contributed by atoms with Crippen molar-refractivity contribution in [2.24, 2.45) is 17.8 Å². The van der Waals surface area contributed by atoms with Gasteiger partial charge in [-0.1, -0.05) is 60.8 Å². The van der Waals surface area contributed by atoms with E-state index in [4.69, 9.17) is 4.43 Å². The predicted molar refractivity (Wildman–Crippen MR) is 94.6 cm³/mol. The van der Waals surface area contributed by atoms with Crippen molar-refractivity contribution in [2.75, 3.05) is 0 Å². The van der Waals surface area contributed by atoms with Gasteiger partial charge in [0.2, 0.25) is 0 Å². The average Bonchev–Trinajstić information content (AvgIpc) is 2.40. The third-order valence-corrected chi connectivity index (χ3v) is 8.33. The standard InChI is InChI=1S/C18H37O2Si/c1-8-18(19)20-21(12-9-15(2)3,13-10-16(4)5)14-11-17(6)7/h15-17H,1,8-14H2,2-7H3. The Morgan fingerprint density at radius 1 is 0.857 bits per heavy atom. The van der Waals surface area contributed by atoms with Crippen LogP contribution in [0.25, 0.3) is 0 Å². The summed E-state index contributed by atoms with van der Waals surface area (Å²) in [7, 11) is -1.96. The van der Waals surface area contributed by atoms with Crippen molar-refractivity contribution in [3.05, 3.63) is 6.92 Å². The Hall–Kier alpha value is -0.313. The van der Waals surface area contributed by atoms with Crippen LogP contribution in [-0.4, -0.2) is 14.3 Å². The molecule has 3 heteroatoms. The van der Waals surface area contributed by atoms with Gasteiger partial charge in [-0.25, -0.2) is 0 Å². The maximum absolute atomic E-state index is 11.9. The zero-order valence-electron chi connectivity index (χ0n) is 15.2. The first-order valence-corrected chi connectivity index (χ1v) is 11.2. The minimum atomic E-state index is -1.96. The maximum atomic E-state index is 11.9. The number of hydrogen-bond acceptors (Lipinski definition) is 2. The molecule has 0 saturated heterocycles. The molecule has 0 bridgehead atoms. The molecule has 2 nitrogen and oxygen atoms in total. The molecule has 125 valence electrons. The van der Waals surface area contributed by atoms with E-state index in [1.165, 1.54) is 19.3 Å². The van der Waals surface area contributed by atoms with Crippen LogP contribution in [0.1, 0.15) is 67.2 Å². The molecule has 0 spiro atoms. The molecule has 0 aromatic rings. The molecule has 0 heterocycles. The van der Waals surface area contributed by atoms with Crippen LogP contribution in [0, 0.1) is 24.7 Å². The van der Waals surface area contributed by atoms with Gasteiger partial charge in [0.1, 0.15) is 0 Å². The molecular formula is C18H37O2Si. The third-order valence-electron chi connectivity index (χ3n) is 4.07. The van der Waals surface area contributed by atoms with E-state index in [-0.39, 0.29) is 12.4 Å². The summed E-state index contributed by atoms with van der Waals surface area (Å²) >= 11 is 0. The van der Waals surface area contributed by atoms with Crippen LogP contribution in [0.5, 0.6) is 0 Å². The summed E-state index contributed by atoms with van der Waals surface area (Å²) in [5.41, 5.74) is 0. The molecule has 0 N–H and O–H groups in total. The molecule has 0 saturated carbocycles. The second-order valence-electron chi connectivity index (χ2n) is 7.70. The van der Waals surface area contributed by atoms with Crippen LogP contribution in [0.2, 0.25) is 18.1 Å². The summed E-state index contributed by atoms with van der Waals surface area (Å²) in [6.07, 6.45) is 3.78. The first-order chi connectivity index (χ1) is 9.70. The minimum absolute atomic E-state index is 0.0852. The van der Waals surface area contributed by atoms with E-state index in [1.807, 2.05) is 0 Å². The first-order valence-electron chi connectivity index (χ1n) is 8.72. The Bertz CT molecular complexity index is 254. The van der Waals surface area contributed by atoms with E-state index in [2.05, 4.69) is 48.5 Å². The molecule has 21 heavy (non-hydrogen) atoms. The fraction of sp³-hybridized carbons (Fsp3) is 0.889. The van der Waals surface area contributed by atoms with Gasteiger partial charge in [-0.15, -0.1) is 0 Å². The van der Waals surface area contributed by atoms with Gasteiger partial charge in [0, 0.05) is 6.42 Å². The normalized spacial score (nSPS) is 12.5. The van der Waals surface area contributed by atoms with Gasteiger partial charge < -0.3 is 4.43 Å². The summed E-state index contributed by atoms with van der Waals surface area (Å²) in [5, 5.41) is 0. The van der Waals surface area contributed by atoms with Gasteiger partial charge in [-0.2, -0.15) is 0 Å². The summed E-state index contributed by atoms with van der Waals surface area (Å²) in [4.78, 5) is 11.9. The fourth-order valence-electron chi connectivity index (χ4n) is 2.48. The van der Waals surface area contributed by atoms with Crippen molar-refractivity contribution in [1.82, 2.24) is 0 Å². The lowest BCUT2D eigenvalue weighted by Crippen LogP contribution is -2.41. The molecule has 0 amide bonds.